The van der Waals surface area contributed by atoms with Crippen LogP contribution in [0.15, 0.2) is 24.3 Å². The van der Waals surface area contributed by atoms with Crippen molar-refractivity contribution in [1.82, 2.24) is 10.6 Å². The summed E-state index contributed by atoms with van der Waals surface area (Å²) in [6.07, 6.45) is 0. The van der Waals surface area contributed by atoms with Crippen LogP contribution in [0, 0.1) is 6.92 Å². The Labute approximate surface area is 114 Å². The lowest BCUT2D eigenvalue weighted by atomic mass is 10.2. The van der Waals surface area contributed by atoms with Crippen molar-refractivity contribution in [1.29, 1.82) is 0 Å². The van der Waals surface area contributed by atoms with Crippen LogP contribution in [0.25, 0.3) is 0 Å². The molecule has 0 saturated carbocycles. The number of nitrogens with one attached hydrogen (secondary N) is 2. The van der Waals surface area contributed by atoms with Crippen molar-refractivity contribution in [3.05, 3.63) is 29.8 Å². The van der Waals surface area contributed by atoms with Gasteiger partial charge in [-0.25, -0.2) is 0 Å². The zero-order valence-electron chi connectivity index (χ0n) is 11.6. The Hall–Kier alpha value is -1.59. The first-order valence-electron chi connectivity index (χ1n) is 6.38. The molecule has 0 aliphatic carbocycles. The first-order chi connectivity index (χ1) is 9.22. The lowest BCUT2D eigenvalue weighted by Crippen LogP contribution is -2.35. The number of hydrogen-bond donors (Lipinski definition) is 2. The Bertz CT molecular complexity index is 365. The first kappa shape index (κ1) is 15.5. The summed E-state index contributed by atoms with van der Waals surface area (Å²) in [6.45, 7) is 4.81. The Morgan fingerprint density at radius 1 is 1.16 bits per heavy atom. The quantitative estimate of drug-likeness (QED) is 0.647. The third-order valence-corrected chi connectivity index (χ3v) is 2.50. The molecule has 0 spiro atoms. The third kappa shape index (κ3) is 7.43. The number of carbonyl (C=O) groups excluding carboxylic acids is 1. The smallest absolute Gasteiger partial charge is 0.257 e. The second kappa shape index (κ2) is 9.35. The van der Waals surface area contributed by atoms with Crippen molar-refractivity contribution in [3.8, 4) is 5.75 Å². The predicted octanol–water partition coefficient (Wildman–Crippen LogP) is 0.726. The third-order valence-electron chi connectivity index (χ3n) is 2.50. The number of aryl methyl sites for hydroxylation is 1. The van der Waals surface area contributed by atoms with Crippen LogP contribution in [0.2, 0.25) is 0 Å². The van der Waals surface area contributed by atoms with Gasteiger partial charge in [0.15, 0.2) is 6.61 Å². The highest BCUT2D eigenvalue weighted by Crippen LogP contribution is 2.10. The number of hydrogen-bond acceptors (Lipinski definition) is 4. The van der Waals surface area contributed by atoms with Crippen LogP contribution < -0.4 is 15.4 Å². The molecule has 1 aromatic carbocycles. The highest BCUT2D eigenvalue weighted by atomic mass is 16.5. The van der Waals surface area contributed by atoms with Crippen molar-refractivity contribution in [2.45, 2.75) is 6.92 Å². The Morgan fingerprint density at radius 2 is 1.89 bits per heavy atom. The van der Waals surface area contributed by atoms with E-state index >= 15 is 0 Å². The van der Waals surface area contributed by atoms with Crippen LogP contribution in [-0.2, 0) is 9.53 Å². The molecular formula is C14H22N2O3. The zero-order chi connectivity index (χ0) is 13.9. The van der Waals surface area contributed by atoms with E-state index in [0.29, 0.717) is 18.9 Å². The van der Waals surface area contributed by atoms with Crippen molar-refractivity contribution in [2.75, 3.05) is 40.0 Å². The van der Waals surface area contributed by atoms with Gasteiger partial charge >= 0.3 is 0 Å². The van der Waals surface area contributed by atoms with E-state index in [9.17, 15) is 4.79 Å². The van der Waals surface area contributed by atoms with Gasteiger partial charge in [0, 0.05) is 26.7 Å². The van der Waals surface area contributed by atoms with Gasteiger partial charge < -0.3 is 20.1 Å². The number of ether oxygens (including phenoxy) is 2. The topological polar surface area (TPSA) is 59.6 Å². The molecule has 0 heterocycles. The van der Waals surface area contributed by atoms with Gasteiger partial charge in [0.05, 0.1) is 6.61 Å². The number of rotatable bonds is 9. The van der Waals surface area contributed by atoms with Crippen LogP contribution in [0.5, 0.6) is 5.75 Å². The van der Waals surface area contributed by atoms with Crippen molar-refractivity contribution >= 4 is 5.91 Å². The molecule has 0 atom stereocenters. The average molecular weight is 266 g/mol. The van der Waals surface area contributed by atoms with E-state index in [1.165, 1.54) is 5.56 Å². The van der Waals surface area contributed by atoms with Gasteiger partial charge in [0.1, 0.15) is 5.75 Å². The van der Waals surface area contributed by atoms with E-state index in [0.717, 1.165) is 13.1 Å². The van der Waals surface area contributed by atoms with Crippen LogP contribution in [-0.4, -0.2) is 45.9 Å². The highest BCUT2D eigenvalue weighted by molar-refractivity contribution is 5.77. The summed E-state index contributed by atoms with van der Waals surface area (Å²) >= 11 is 0. The molecular weight excluding hydrogens is 244 g/mol. The standard InChI is InChI=1S/C14H22N2O3/c1-12-3-5-13(6-4-12)19-11-14(17)16-8-7-15-9-10-18-2/h3-6,15H,7-11H2,1-2H3,(H,16,17). The van der Waals surface area contributed by atoms with E-state index in [4.69, 9.17) is 9.47 Å². The Balaban J connectivity index is 2.06. The Kier molecular flexibility index (Phi) is 7.62. The molecule has 0 aliphatic rings. The fourth-order valence-corrected chi connectivity index (χ4v) is 1.42. The minimum atomic E-state index is -0.117. The van der Waals surface area contributed by atoms with Crippen molar-refractivity contribution in [2.24, 2.45) is 0 Å². The summed E-state index contributed by atoms with van der Waals surface area (Å²) in [6, 6.07) is 7.61. The minimum Gasteiger partial charge on any atom is -0.484 e. The fourth-order valence-electron chi connectivity index (χ4n) is 1.42. The largest absolute Gasteiger partial charge is 0.484 e. The van der Waals surface area contributed by atoms with Gasteiger partial charge in [-0.05, 0) is 19.1 Å². The molecule has 106 valence electrons. The maximum Gasteiger partial charge on any atom is 0.257 e. The Morgan fingerprint density at radius 3 is 2.58 bits per heavy atom. The van der Waals surface area contributed by atoms with Crippen molar-refractivity contribution < 1.29 is 14.3 Å². The molecule has 19 heavy (non-hydrogen) atoms. The molecule has 1 amide bonds. The summed E-state index contributed by atoms with van der Waals surface area (Å²) in [5.41, 5.74) is 1.17. The fraction of sp³-hybridized carbons (Fsp3) is 0.500. The summed E-state index contributed by atoms with van der Waals surface area (Å²) < 4.78 is 10.3. The molecule has 0 saturated heterocycles. The lowest BCUT2D eigenvalue weighted by molar-refractivity contribution is -0.123. The molecule has 0 bridgehead atoms. The second-order valence-electron chi connectivity index (χ2n) is 4.19. The van der Waals surface area contributed by atoms with E-state index < -0.39 is 0 Å². The molecule has 1 rings (SSSR count). The van der Waals surface area contributed by atoms with Gasteiger partial charge in [-0.1, -0.05) is 17.7 Å². The number of benzene rings is 1. The van der Waals surface area contributed by atoms with E-state index in [1.807, 2.05) is 31.2 Å². The maximum absolute atomic E-state index is 11.5. The molecule has 0 radical (unpaired) electrons. The molecule has 5 nitrogen and oxygen atoms in total. The molecule has 5 heteroatoms. The zero-order valence-corrected chi connectivity index (χ0v) is 11.6. The maximum atomic E-state index is 11.5. The normalized spacial score (nSPS) is 10.2. The molecule has 2 N–H and O–H groups in total. The van der Waals surface area contributed by atoms with E-state index in [2.05, 4.69) is 10.6 Å². The van der Waals surface area contributed by atoms with Gasteiger partial charge in [-0.3, -0.25) is 4.79 Å². The first-order valence-corrected chi connectivity index (χ1v) is 6.38. The summed E-state index contributed by atoms with van der Waals surface area (Å²) in [4.78, 5) is 11.5. The van der Waals surface area contributed by atoms with Gasteiger partial charge in [-0.2, -0.15) is 0 Å². The number of carbonyl (C=O) groups is 1. The van der Waals surface area contributed by atoms with Crippen LogP contribution in [0.4, 0.5) is 0 Å². The molecule has 0 unspecified atom stereocenters. The minimum absolute atomic E-state index is 0.0428. The summed E-state index contributed by atoms with van der Waals surface area (Å²) in [5, 5.41) is 5.92. The van der Waals surface area contributed by atoms with Gasteiger partial charge in [0.2, 0.25) is 0 Å². The van der Waals surface area contributed by atoms with Crippen LogP contribution in [0.1, 0.15) is 5.56 Å². The van der Waals surface area contributed by atoms with Crippen molar-refractivity contribution in [3.63, 3.8) is 0 Å². The summed E-state index contributed by atoms with van der Waals surface area (Å²) in [5.74, 6) is 0.591. The predicted molar refractivity (Wildman–Crippen MR) is 74.4 cm³/mol. The summed E-state index contributed by atoms with van der Waals surface area (Å²) in [7, 11) is 1.66. The molecule has 0 aliphatic heterocycles. The lowest BCUT2D eigenvalue weighted by Gasteiger charge is -2.08. The number of amides is 1. The second-order valence-corrected chi connectivity index (χ2v) is 4.19. The highest BCUT2D eigenvalue weighted by Gasteiger charge is 2.01. The SMILES string of the molecule is COCCNCCNC(=O)COc1ccc(C)cc1. The van der Waals surface area contributed by atoms with Gasteiger partial charge in [-0.15, -0.1) is 0 Å². The number of methoxy groups -OCH3 is 1. The average Bonchev–Trinajstić information content (AvgIpc) is 2.42. The van der Waals surface area contributed by atoms with Crippen LogP contribution >= 0.6 is 0 Å². The van der Waals surface area contributed by atoms with E-state index in [1.54, 1.807) is 7.11 Å². The molecule has 0 aromatic heterocycles. The van der Waals surface area contributed by atoms with E-state index in [-0.39, 0.29) is 12.5 Å². The molecule has 0 fully saturated rings. The molecule has 1 aromatic rings. The van der Waals surface area contributed by atoms with Gasteiger partial charge in [0.25, 0.3) is 5.91 Å². The monoisotopic (exact) mass is 266 g/mol. The van der Waals surface area contributed by atoms with Crippen LogP contribution in [0.3, 0.4) is 0 Å².